The van der Waals surface area contributed by atoms with Crippen molar-refractivity contribution in [2.24, 2.45) is 0 Å². The molecule has 0 saturated heterocycles. The summed E-state index contributed by atoms with van der Waals surface area (Å²) in [6.45, 7) is 6.18. The van der Waals surface area contributed by atoms with Gasteiger partial charge in [-0.25, -0.2) is 0 Å². The lowest BCUT2D eigenvalue weighted by molar-refractivity contribution is -0.150. The van der Waals surface area contributed by atoms with Crippen LogP contribution < -0.4 is 5.32 Å². The lowest BCUT2D eigenvalue weighted by Gasteiger charge is -2.24. The fourth-order valence-corrected chi connectivity index (χ4v) is 7.27. The SMILES string of the molecule is CC/C=C/C=C/C=C\C=C/C=C/CCCC(CC(=O)NC(CO)C(O)CCCCCCCCCCCCCCCCCCC)OC(=O)CC/C=C/C/C=C/C/C=C/C/C=C/C/C=C/CC. The van der Waals surface area contributed by atoms with E-state index in [4.69, 9.17) is 4.74 Å². The highest BCUT2D eigenvalue weighted by Crippen LogP contribution is 2.16. The molecule has 65 heavy (non-hydrogen) atoms. The number of unbranched alkanes of at least 4 members (excludes halogenated alkanes) is 17. The molecule has 6 nitrogen and oxygen atoms in total. The van der Waals surface area contributed by atoms with Gasteiger partial charge < -0.3 is 20.3 Å². The predicted molar refractivity (Wildman–Crippen MR) is 282 cm³/mol. The third-order valence-corrected chi connectivity index (χ3v) is 11.2. The molecule has 0 spiro atoms. The Morgan fingerprint density at radius 2 is 0.908 bits per heavy atom. The Morgan fingerprint density at radius 1 is 0.477 bits per heavy atom. The zero-order chi connectivity index (χ0) is 47.4. The Morgan fingerprint density at radius 3 is 1.38 bits per heavy atom. The van der Waals surface area contributed by atoms with Crippen LogP contribution >= 0.6 is 0 Å². The molecule has 3 atom stereocenters. The van der Waals surface area contributed by atoms with Crippen molar-refractivity contribution in [1.29, 1.82) is 0 Å². The maximum Gasteiger partial charge on any atom is 0.306 e. The molecule has 0 aromatic rings. The van der Waals surface area contributed by atoms with Crippen LogP contribution in [0.5, 0.6) is 0 Å². The topological polar surface area (TPSA) is 95.9 Å². The number of carbonyl (C=O) groups excluding carboxylic acids is 2. The standard InChI is InChI=1S/C59H97NO5/c1-4-7-10-13-16-19-22-25-27-29-30-33-36-39-42-45-48-51-57(62)56(54-61)60-58(63)53-55(50-47-44-41-38-35-32-24-21-18-15-12-9-6-3)65-59(64)52-49-46-43-40-37-34-31-28-26-23-20-17-14-11-8-5-2/h8-9,11-12,15,17-18,20-21,24,26,28,32,34-35,37-38,41,43,46,55-57,61-62H,4-7,10,13-14,16,19,22-23,25,27,29-31,33,36,39-40,42,44-45,47-54H2,1-3H3,(H,60,63)/b11-8+,12-9+,18-15+,20-17+,24-21-,28-26+,35-32-,37-34+,41-38+,46-43+. The number of ether oxygens (including phenoxy) is 1. The van der Waals surface area contributed by atoms with Gasteiger partial charge in [0.25, 0.3) is 0 Å². The van der Waals surface area contributed by atoms with E-state index in [1.165, 1.54) is 89.9 Å². The van der Waals surface area contributed by atoms with E-state index in [1.807, 2.05) is 54.7 Å². The van der Waals surface area contributed by atoms with E-state index < -0.39 is 18.2 Å². The summed E-state index contributed by atoms with van der Waals surface area (Å²) in [6, 6.07) is -0.748. The molecule has 368 valence electrons. The minimum Gasteiger partial charge on any atom is -0.462 e. The van der Waals surface area contributed by atoms with E-state index in [2.05, 4.69) is 92.9 Å². The first-order valence-electron chi connectivity index (χ1n) is 26.3. The number of aliphatic hydroxyl groups excluding tert-OH is 2. The first-order valence-corrected chi connectivity index (χ1v) is 26.3. The van der Waals surface area contributed by atoms with Crippen LogP contribution in [0.3, 0.4) is 0 Å². The van der Waals surface area contributed by atoms with Crippen molar-refractivity contribution in [3.63, 3.8) is 0 Å². The number of esters is 1. The number of rotatable bonds is 45. The smallest absolute Gasteiger partial charge is 0.306 e. The second-order valence-electron chi connectivity index (χ2n) is 17.3. The first-order chi connectivity index (χ1) is 32.0. The Bertz CT molecular complexity index is 1380. The largest absolute Gasteiger partial charge is 0.462 e. The van der Waals surface area contributed by atoms with Crippen molar-refractivity contribution < 1.29 is 24.5 Å². The molecule has 0 aromatic heterocycles. The van der Waals surface area contributed by atoms with Gasteiger partial charge in [0, 0.05) is 6.42 Å². The summed E-state index contributed by atoms with van der Waals surface area (Å²) in [5.41, 5.74) is 0. The number of hydrogen-bond donors (Lipinski definition) is 3. The van der Waals surface area contributed by atoms with E-state index in [1.54, 1.807) is 0 Å². The van der Waals surface area contributed by atoms with Gasteiger partial charge in [-0.15, -0.1) is 0 Å². The summed E-state index contributed by atoms with van der Waals surface area (Å²) < 4.78 is 5.85. The fourth-order valence-electron chi connectivity index (χ4n) is 7.27. The van der Waals surface area contributed by atoms with Crippen LogP contribution in [0.25, 0.3) is 0 Å². The number of nitrogens with one attached hydrogen (secondary N) is 1. The summed E-state index contributed by atoms with van der Waals surface area (Å²) in [5, 5.41) is 23.8. The molecule has 0 heterocycles. The van der Waals surface area contributed by atoms with Gasteiger partial charge in [-0.2, -0.15) is 0 Å². The molecule has 0 rings (SSSR count). The Kier molecular flexibility index (Phi) is 48.3. The Labute approximate surface area is 400 Å². The van der Waals surface area contributed by atoms with Crippen LogP contribution in [0.15, 0.2) is 122 Å². The molecule has 0 aliphatic heterocycles. The first kappa shape index (κ1) is 61.3. The van der Waals surface area contributed by atoms with Gasteiger partial charge in [-0.1, -0.05) is 251 Å². The summed E-state index contributed by atoms with van der Waals surface area (Å²) in [6.07, 6.45) is 71.3. The van der Waals surface area contributed by atoms with E-state index in [0.29, 0.717) is 19.3 Å². The van der Waals surface area contributed by atoms with Crippen molar-refractivity contribution in [3.05, 3.63) is 122 Å². The van der Waals surface area contributed by atoms with E-state index in [9.17, 15) is 19.8 Å². The number of allylic oxidation sites excluding steroid dienone is 20. The molecule has 0 saturated carbocycles. The minimum absolute atomic E-state index is 0.00880. The van der Waals surface area contributed by atoms with Gasteiger partial charge in [-0.3, -0.25) is 9.59 Å². The van der Waals surface area contributed by atoms with Crippen molar-refractivity contribution in [2.75, 3.05) is 6.61 Å². The number of carbonyl (C=O) groups is 2. The lowest BCUT2D eigenvalue weighted by atomic mass is 10.0. The van der Waals surface area contributed by atoms with Crippen LogP contribution in [0.4, 0.5) is 0 Å². The second-order valence-corrected chi connectivity index (χ2v) is 17.3. The maximum atomic E-state index is 13.2. The van der Waals surface area contributed by atoms with Gasteiger partial charge in [0.1, 0.15) is 6.10 Å². The highest BCUT2D eigenvalue weighted by molar-refractivity contribution is 5.77. The van der Waals surface area contributed by atoms with E-state index in [-0.39, 0.29) is 31.3 Å². The van der Waals surface area contributed by atoms with Crippen LogP contribution in [0, 0.1) is 0 Å². The van der Waals surface area contributed by atoms with Gasteiger partial charge in [0.2, 0.25) is 5.91 Å². The van der Waals surface area contributed by atoms with Crippen molar-refractivity contribution in [1.82, 2.24) is 5.32 Å². The maximum absolute atomic E-state index is 13.2. The van der Waals surface area contributed by atoms with Gasteiger partial charge in [0.15, 0.2) is 0 Å². The molecule has 3 unspecified atom stereocenters. The quantitative estimate of drug-likeness (QED) is 0.0245. The molecule has 0 aliphatic rings. The minimum atomic E-state index is -0.827. The molecule has 3 N–H and O–H groups in total. The van der Waals surface area contributed by atoms with Crippen molar-refractivity contribution in [3.8, 4) is 0 Å². The summed E-state index contributed by atoms with van der Waals surface area (Å²) >= 11 is 0. The normalized spacial score (nSPS) is 14.2. The van der Waals surface area contributed by atoms with Crippen molar-refractivity contribution in [2.45, 2.75) is 232 Å². The highest BCUT2D eigenvalue weighted by Gasteiger charge is 2.23. The third-order valence-electron chi connectivity index (χ3n) is 11.2. The number of hydrogen-bond acceptors (Lipinski definition) is 5. The molecule has 0 bridgehead atoms. The van der Waals surface area contributed by atoms with Crippen LogP contribution in [0.1, 0.15) is 213 Å². The Balaban J connectivity index is 4.74. The number of aliphatic hydroxyl groups is 2. The second kappa shape index (κ2) is 51.2. The molecule has 0 aromatic carbocycles. The van der Waals surface area contributed by atoms with E-state index in [0.717, 1.165) is 70.6 Å². The molecule has 0 radical (unpaired) electrons. The predicted octanol–water partition coefficient (Wildman–Crippen LogP) is 16.1. The van der Waals surface area contributed by atoms with Gasteiger partial charge >= 0.3 is 5.97 Å². The summed E-state index contributed by atoms with van der Waals surface area (Å²) in [5.74, 6) is -0.656. The molecular weight excluding hydrogens is 803 g/mol. The third kappa shape index (κ3) is 46.6. The lowest BCUT2D eigenvalue weighted by Crippen LogP contribution is -2.46. The molecule has 0 aliphatic carbocycles. The molecule has 6 heteroatoms. The Hall–Kier alpha value is -3.74. The van der Waals surface area contributed by atoms with E-state index >= 15 is 0 Å². The fraction of sp³-hybridized carbons (Fsp3) is 0.627. The zero-order valence-electron chi connectivity index (χ0n) is 41.8. The molecular formula is C59H97NO5. The highest BCUT2D eigenvalue weighted by atomic mass is 16.5. The molecule has 1 amide bonds. The average molecular weight is 900 g/mol. The van der Waals surface area contributed by atoms with Crippen LogP contribution in [0.2, 0.25) is 0 Å². The van der Waals surface area contributed by atoms with Gasteiger partial charge in [-0.05, 0) is 70.6 Å². The van der Waals surface area contributed by atoms with Gasteiger partial charge in [0.05, 0.1) is 25.2 Å². The summed E-state index contributed by atoms with van der Waals surface area (Å²) in [4.78, 5) is 26.1. The van der Waals surface area contributed by atoms with Crippen LogP contribution in [-0.4, -0.2) is 46.9 Å². The molecule has 0 fully saturated rings. The van der Waals surface area contributed by atoms with Crippen LogP contribution in [-0.2, 0) is 14.3 Å². The van der Waals surface area contributed by atoms with Crippen molar-refractivity contribution >= 4 is 11.9 Å². The average Bonchev–Trinajstić information content (AvgIpc) is 3.30. The zero-order valence-corrected chi connectivity index (χ0v) is 41.8. The number of amides is 1. The monoisotopic (exact) mass is 900 g/mol. The summed E-state index contributed by atoms with van der Waals surface area (Å²) in [7, 11) is 0.